The molecule has 0 unspecified atom stereocenters. The van der Waals surface area contributed by atoms with Gasteiger partial charge in [0.2, 0.25) is 5.91 Å². The smallest absolute Gasteiger partial charge is 0.269 e. The summed E-state index contributed by atoms with van der Waals surface area (Å²) in [7, 11) is 1.61. The van der Waals surface area contributed by atoms with Crippen molar-refractivity contribution in [2.45, 2.75) is 26.4 Å². The van der Waals surface area contributed by atoms with Crippen LogP contribution in [0.4, 0.5) is 11.4 Å². The van der Waals surface area contributed by atoms with Crippen LogP contribution in [0.3, 0.4) is 0 Å². The molecule has 0 spiro atoms. The standard InChI is InChI=1S/C23H27N7O2/c1-14-20(5-4-18(26-14)23(32)24-3)29-8-6-28(7-9-29)13-16-10-17-12-25-30-15(2)22(31)27-19(11-16)21(17)30/h4-5,10-12,15H,6-9,13H2,1-3H3,(H,24,32)(H,27,31)/t15-/m1/s1. The summed E-state index contributed by atoms with van der Waals surface area (Å²) in [5.74, 6) is -0.198. The fourth-order valence-electron chi connectivity index (χ4n) is 4.63. The molecule has 2 N–H and O–H groups in total. The number of pyridine rings is 1. The molecule has 1 atom stereocenters. The number of aryl methyl sites for hydroxylation is 1. The van der Waals surface area contributed by atoms with Crippen molar-refractivity contribution in [2.75, 3.05) is 43.4 Å². The number of benzene rings is 1. The summed E-state index contributed by atoms with van der Waals surface area (Å²) in [5.41, 5.74) is 5.39. The molecule has 32 heavy (non-hydrogen) atoms. The summed E-state index contributed by atoms with van der Waals surface area (Å²) in [6.45, 7) is 8.26. The second-order valence-electron chi connectivity index (χ2n) is 8.48. The van der Waals surface area contributed by atoms with E-state index in [0.29, 0.717) is 5.69 Å². The summed E-state index contributed by atoms with van der Waals surface area (Å²) in [5, 5.41) is 11.1. The molecule has 0 saturated carbocycles. The van der Waals surface area contributed by atoms with Gasteiger partial charge in [-0.1, -0.05) is 0 Å². The fourth-order valence-corrected chi connectivity index (χ4v) is 4.63. The topological polar surface area (TPSA) is 95.4 Å². The maximum absolute atomic E-state index is 12.3. The molecule has 0 bridgehead atoms. The van der Waals surface area contributed by atoms with Crippen molar-refractivity contribution < 1.29 is 9.59 Å². The molecule has 2 amide bonds. The molecular formula is C23H27N7O2. The first-order valence-electron chi connectivity index (χ1n) is 10.9. The number of nitrogens with one attached hydrogen (secondary N) is 2. The predicted octanol–water partition coefficient (Wildman–Crippen LogP) is 1.93. The molecule has 3 aromatic rings. The van der Waals surface area contributed by atoms with Crippen molar-refractivity contribution in [1.29, 1.82) is 0 Å². The van der Waals surface area contributed by atoms with Gasteiger partial charge in [-0.15, -0.1) is 0 Å². The summed E-state index contributed by atoms with van der Waals surface area (Å²) in [6.07, 6.45) is 1.84. The Morgan fingerprint density at radius 1 is 1.22 bits per heavy atom. The van der Waals surface area contributed by atoms with E-state index in [1.54, 1.807) is 17.8 Å². The van der Waals surface area contributed by atoms with Crippen molar-refractivity contribution in [3.63, 3.8) is 0 Å². The van der Waals surface area contributed by atoms with Gasteiger partial charge in [0.25, 0.3) is 5.91 Å². The molecule has 1 saturated heterocycles. The number of hydrogen-bond donors (Lipinski definition) is 2. The predicted molar refractivity (Wildman–Crippen MR) is 123 cm³/mol. The molecule has 2 aliphatic heterocycles. The Kier molecular flexibility index (Phi) is 5.05. The molecule has 5 rings (SSSR count). The molecule has 9 nitrogen and oxygen atoms in total. The van der Waals surface area contributed by atoms with Gasteiger partial charge in [0.1, 0.15) is 11.7 Å². The van der Waals surface area contributed by atoms with Crippen LogP contribution >= 0.6 is 0 Å². The van der Waals surface area contributed by atoms with Crippen LogP contribution in [0.15, 0.2) is 30.5 Å². The Morgan fingerprint density at radius 3 is 2.72 bits per heavy atom. The lowest BCUT2D eigenvalue weighted by Gasteiger charge is -2.36. The number of nitrogens with zero attached hydrogens (tertiary/aromatic N) is 5. The van der Waals surface area contributed by atoms with Crippen LogP contribution in [-0.2, 0) is 11.3 Å². The molecule has 0 aliphatic carbocycles. The Balaban J connectivity index is 1.27. The van der Waals surface area contributed by atoms with E-state index in [2.05, 4.69) is 42.6 Å². The molecule has 1 fully saturated rings. The van der Waals surface area contributed by atoms with Crippen molar-refractivity contribution in [1.82, 2.24) is 25.0 Å². The average molecular weight is 434 g/mol. The summed E-state index contributed by atoms with van der Waals surface area (Å²) >= 11 is 0. The number of hydrogen-bond acceptors (Lipinski definition) is 6. The number of amides is 2. The summed E-state index contributed by atoms with van der Waals surface area (Å²) < 4.78 is 1.80. The van der Waals surface area contributed by atoms with Crippen LogP contribution in [0.1, 0.15) is 34.7 Å². The minimum absolute atomic E-state index is 0.0281. The number of carbonyl (C=O) groups is 2. The highest BCUT2D eigenvalue weighted by Gasteiger charge is 2.27. The van der Waals surface area contributed by atoms with E-state index in [-0.39, 0.29) is 17.9 Å². The van der Waals surface area contributed by atoms with Crippen LogP contribution in [0, 0.1) is 6.92 Å². The molecule has 0 radical (unpaired) electrons. The van der Waals surface area contributed by atoms with E-state index in [0.717, 1.165) is 60.7 Å². The zero-order valence-corrected chi connectivity index (χ0v) is 18.6. The fraction of sp³-hybridized carbons (Fsp3) is 0.391. The number of aromatic nitrogens is 3. The van der Waals surface area contributed by atoms with Crippen LogP contribution in [0.2, 0.25) is 0 Å². The van der Waals surface area contributed by atoms with Gasteiger partial charge in [0, 0.05) is 45.2 Å². The number of rotatable bonds is 4. The molecule has 1 aromatic carbocycles. The van der Waals surface area contributed by atoms with Gasteiger partial charge >= 0.3 is 0 Å². The van der Waals surface area contributed by atoms with Gasteiger partial charge in [0.15, 0.2) is 0 Å². The number of anilines is 2. The zero-order valence-electron chi connectivity index (χ0n) is 18.6. The highest BCUT2D eigenvalue weighted by Crippen LogP contribution is 2.32. The van der Waals surface area contributed by atoms with Crippen molar-refractivity contribution in [3.05, 3.63) is 47.4 Å². The van der Waals surface area contributed by atoms with Gasteiger partial charge in [-0.3, -0.25) is 19.2 Å². The highest BCUT2D eigenvalue weighted by molar-refractivity contribution is 6.05. The van der Waals surface area contributed by atoms with Gasteiger partial charge in [-0.25, -0.2) is 4.98 Å². The summed E-state index contributed by atoms with van der Waals surface area (Å²) in [4.78, 5) is 33.3. The van der Waals surface area contributed by atoms with E-state index >= 15 is 0 Å². The molecule has 166 valence electrons. The quantitative estimate of drug-likeness (QED) is 0.653. The molecular weight excluding hydrogens is 406 g/mol. The van der Waals surface area contributed by atoms with Crippen molar-refractivity contribution in [3.8, 4) is 0 Å². The maximum atomic E-state index is 12.3. The van der Waals surface area contributed by atoms with Crippen LogP contribution in [0.5, 0.6) is 0 Å². The van der Waals surface area contributed by atoms with E-state index < -0.39 is 0 Å². The molecule has 9 heteroatoms. The van der Waals surface area contributed by atoms with Crippen LogP contribution in [0.25, 0.3) is 10.9 Å². The third kappa shape index (κ3) is 3.48. The third-order valence-corrected chi connectivity index (χ3v) is 6.39. The Labute approximate surface area is 186 Å². The number of carbonyl (C=O) groups excluding carboxylic acids is 2. The van der Waals surface area contributed by atoms with Crippen molar-refractivity contribution in [2.24, 2.45) is 0 Å². The van der Waals surface area contributed by atoms with E-state index in [4.69, 9.17) is 0 Å². The third-order valence-electron chi connectivity index (χ3n) is 6.39. The van der Waals surface area contributed by atoms with Gasteiger partial charge in [-0.05, 0) is 43.7 Å². The average Bonchev–Trinajstić information content (AvgIpc) is 3.22. The van der Waals surface area contributed by atoms with Crippen LogP contribution < -0.4 is 15.5 Å². The van der Waals surface area contributed by atoms with E-state index in [1.165, 1.54) is 5.56 Å². The van der Waals surface area contributed by atoms with Gasteiger partial charge < -0.3 is 15.5 Å². The molecule has 2 aromatic heterocycles. The normalized spacial score (nSPS) is 18.7. The Bertz CT molecular complexity index is 1210. The zero-order chi connectivity index (χ0) is 22.4. The lowest BCUT2D eigenvalue weighted by Crippen LogP contribution is -2.46. The minimum atomic E-state index is -0.290. The van der Waals surface area contributed by atoms with Crippen molar-refractivity contribution >= 4 is 34.1 Å². The van der Waals surface area contributed by atoms with Crippen LogP contribution in [-0.4, -0.2) is 64.7 Å². The summed E-state index contributed by atoms with van der Waals surface area (Å²) in [6, 6.07) is 7.72. The molecule has 2 aliphatic rings. The Hall–Kier alpha value is -3.46. The maximum Gasteiger partial charge on any atom is 0.269 e. The van der Waals surface area contributed by atoms with E-state index in [9.17, 15) is 9.59 Å². The van der Waals surface area contributed by atoms with Gasteiger partial charge in [-0.2, -0.15) is 5.10 Å². The SMILES string of the molecule is CNC(=O)c1ccc(N2CCN(Cc3cc4c5c(cnn5[C@H](C)C(=O)N4)c3)CC2)c(C)n1. The lowest BCUT2D eigenvalue weighted by atomic mass is 10.1. The Morgan fingerprint density at radius 2 is 2.00 bits per heavy atom. The largest absolute Gasteiger partial charge is 0.368 e. The first kappa shape index (κ1) is 20.4. The lowest BCUT2D eigenvalue weighted by molar-refractivity contribution is -0.119. The monoisotopic (exact) mass is 433 g/mol. The first-order valence-corrected chi connectivity index (χ1v) is 10.9. The van der Waals surface area contributed by atoms with E-state index in [1.807, 2.05) is 26.1 Å². The molecule has 4 heterocycles. The second kappa shape index (κ2) is 7.90. The van der Waals surface area contributed by atoms with Gasteiger partial charge in [0.05, 0.1) is 28.8 Å². The second-order valence-corrected chi connectivity index (χ2v) is 8.48. The first-order chi connectivity index (χ1) is 15.4. The minimum Gasteiger partial charge on any atom is -0.368 e. The number of piperazine rings is 1. The highest BCUT2D eigenvalue weighted by atomic mass is 16.2.